The number of carbonyl (C=O) groups excluding carboxylic acids is 7. The Balaban J connectivity index is 1.27. The highest BCUT2D eigenvalue weighted by molar-refractivity contribution is 6.16. The molecule has 2 saturated heterocycles. The highest BCUT2D eigenvalue weighted by atomic mass is 16.7. The number of hydrogen-bond acceptors (Lipinski definition) is 17. The van der Waals surface area contributed by atoms with Gasteiger partial charge in [0.05, 0.1) is 18.7 Å². The number of H-pyrrole nitrogens is 1. The molecule has 0 radical (unpaired) electrons. The zero-order chi connectivity index (χ0) is 43.6. The highest BCUT2D eigenvalue weighted by Crippen LogP contribution is 2.38. The van der Waals surface area contributed by atoms with E-state index < -0.39 is 97.5 Å². The minimum absolute atomic E-state index is 0.150. The maximum absolute atomic E-state index is 13.2. The molecule has 2 fully saturated rings. The fourth-order valence-corrected chi connectivity index (χ4v) is 7.61. The Bertz CT molecular complexity index is 2370. The lowest BCUT2D eigenvalue weighted by molar-refractivity contribution is -0.773. The van der Waals surface area contributed by atoms with E-state index in [4.69, 9.17) is 47.4 Å². The maximum Gasteiger partial charge on any atom is 0.337 e. The summed E-state index contributed by atoms with van der Waals surface area (Å²) in [6.07, 6.45) is -5.94. The molecule has 320 valence electrons. The number of carbonyl (C=O) groups is 7. The predicted octanol–water partition coefficient (Wildman–Crippen LogP) is 2.78. The lowest BCUT2D eigenvalue weighted by atomic mass is 9.96. The van der Waals surface area contributed by atoms with Gasteiger partial charge in [-0.25, -0.2) is 4.79 Å². The number of aromatic nitrogens is 2. The van der Waals surface area contributed by atoms with Gasteiger partial charge in [-0.2, -0.15) is 4.57 Å². The van der Waals surface area contributed by atoms with Crippen molar-refractivity contribution in [3.8, 4) is 5.75 Å². The molecule has 0 spiro atoms. The largest absolute Gasteiger partial charge is 0.456 e. The quantitative estimate of drug-likeness (QED) is 0.0990. The zero-order valence-corrected chi connectivity index (χ0v) is 34.1. The molecule has 60 heavy (non-hydrogen) atoms. The highest BCUT2D eigenvalue weighted by Gasteiger charge is 2.52. The molecule has 0 unspecified atom stereocenters. The van der Waals surface area contributed by atoms with Crippen molar-refractivity contribution >= 4 is 74.4 Å². The second-order valence-corrected chi connectivity index (χ2v) is 14.4. The number of pyridine rings is 1. The minimum atomic E-state index is -1.39. The summed E-state index contributed by atoms with van der Waals surface area (Å²) in [6.45, 7) is 9.80. The Morgan fingerprint density at radius 1 is 0.650 bits per heavy atom. The topological polar surface area (TPSA) is 231 Å². The summed E-state index contributed by atoms with van der Waals surface area (Å²) in [5.41, 5.74) is 3.34. The molecule has 2 aliphatic rings. The van der Waals surface area contributed by atoms with Gasteiger partial charge >= 0.3 is 48.0 Å². The van der Waals surface area contributed by atoms with E-state index in [9.17, 15) is 33.6 Å². The van der Waals surface area contributed by atoms with Crippen molar-refractivity contribution in [1.82, 2.24) is 4.98 Å². The second-order valence-electron chi connectivity index (χ2n) is 14.4. The number of rotatable bonds is 11. The summed E-state index contributed by atoms with van der Waals surface area (Å²) in [6, 6.07) is 6.94. The molecule has 0 amide bonds. The summed E-state index contributed by atoms with van der Waals surface area (Å²) in [7, 11) is 0. The number of esters is 7. The van der Waals surface area contributed by atoms with Crippen molar-refractivity contribution in [3.63, 3.8) is 0 Å². The van der Waals surface area contributed by atoms with Crippen LogP contribution in [0, 0.1) is 13.8 Å². The van der Waals surface area contributed by atoms with Gasteiger partial charge in [0.1, 0.15) is 12.4 Å². The average molecular weight is 838 g/mol. The van der Waals surface area contributed by atoms with Crippen LogP contribution in [-0.4, -0.2) is 110 Å². The number of benzene rings is 2. The van der Waals surface area contributed by atoms with Crippen molar-refractivity contribution in [2.75, 3.05) is 19.8 Å². The zero-order valence-electron chi connectivity index (χ0n) is 34.1. The molecule has 4 aromatic rings. The number of ether oxygens (including phenoxy) is 10. The van der Waals surface area contributed by atoms with Crippen LogP contribution < -0.4 is 9.30 Å². The Morgan fingerprint density at radius 2 is 1.20 bits per heavy atom. The number of fused-ring (bicyclic) bond motifs is 4. The van der Waals surface area contributed by atoms with E-state index in [1.165, 1.54) is 20.8 Å². The van der Waals surface area contributed by atoms with E-state index in [2.05, 4.69) is 4.98 Å². The molecule has 6 rings (SSSR count). The molecule has 0 bridgehead atoms. The molecule has 19 nitrogen and oxygen atoms in total. The summed E-state index contributed by atoms with van der Waals surface area (Å²) in [4.78, 5) is 88.5. The summed E-state index contributed by atoms with van der Waals surface area (Å²) >= 11 is 0. The van der Waals surface area contributed by atoms with E-state index in [-0.39, 0.29) is 19.0 Å². The number of aryl methyl sites for hydroxylation is 2. The Morgan fingerprint density at radius 3 is 1.80 bits per heavy atom. The van der Waals surface area contributed by atoms with Crippen molar-refractivity contribution in [2.45, 2.75) is 105 Å². The van der Waals surface area contributed by atoms with Gasteiger partial charge in [-0.3, -0.25) is 28.8 Å². The van der Waals surface area contributed by atoms with Crippen LogP contribution in [0.3, 0.4) is 0 Å². The third-order valence-electron chi connectivity index (χ3n) is 9.83. The lowest BCUT2D eigenvalue weighted by Crippen LogP contribution is -2.61. The number of hydrogen-bond donors (Lipinski definition) is 1. The van der Waals surface area contributed by atoms with Crippen molar-refractivity contribution in [2.24, 2.45) is 0 Å². The average Bonchev–Trinajstić information content (AvgIpc) is 3.54. The van der Waals surface area contributed by atoms with Gasteiger partial charge in [0, 0.05) is 69.3 Å². The van der Waals surface area contributed by atoms with Gasteiger partial charge in [-0.1, -0.05) is 0 Å². The van der Waals surface area contributed by atoms with Crippen LogP contribution in [0.2, 0.25) is 0 Å². The molecule has 0 saturated carbocycles. The first-order chi connectivity index (χ1) is 28.4. The molecule has 2 aromatic carbocycles. The van der Waals surface area contributed by atoms with E-state index >= 15 is 0 Å². The van der Waals surface area contributed by atoms with Gasteiger partial charge in [0.2, 0.25) is 6.10 Å². The normalized spacial score (nSPS) is 24.0. The van der Waals surface area contributed by atoms with Crippen LogP contribution >= 0.6 is 0 Å². The van der Waals surface area contributed by atoms with Crippen LogP contribution in [0.4, 0.5) is 0 Å². The fraction of sp³-hybridized carbons (Fsp3) is 0.463. The molecular formula is C41H45N2O17+. The summed E-state index contributed by atoms with van der Waals surface area (Å²) < 4.78 is 57.2. The van der Waals surface area contributed by atoms with E-state index in [0.717, 1.165) is 64.5 Å². The van der Waals surface area contributed by atoms with Crippen molar-refractivity contribution in [1.29, 1.82) is 0 Å². The Kier molecular flexibility index (Phi) is 13.0. The molecule has 19 heteroatoms. The summed E-state index contributed by atoms with van der Waals surface area (Å²) in [5.74, 6) is -4.80. The minimum Gasteiger partial charge on any atom is -0.456 e. The molecule has 0 aliphatic carbocycles. The first kappa shape index (κ1) is 43.4. The first-order valence-corrected chi connectivity index (χ1v) is 18.9. The lowest BCUT2D eigenvalue weighted by Gasteiger charge is -2.39. The molecule has 1 N–H and O–H groups in total. The standard InChI is InChI=1S/C41H44N2O17/c1-18-29-14-43(40-38(58-24(7)48)36(56-22(5)46)31(15-51-40)54-20(3)44)12-11-27(29)19(2)35-34(18)28-13-26(9-10-30(28)42-35)60-33(50)17-53-41-39(59-25(8)49)37(57-23(6)47)32(16-52-41)55-21(4)45/h9-14,31-32,36-41H,15-17H2,1-8H3/p+1/t31-,32-,36-,37-,38+,39+,40+,41-/m0/s1. The molecule has 2 aliphatic heterocycles. The predicted molar refractivity (Wildman–Crippen MR) is 203 cm³/mol. The number of nitrogens with zero attached hydrogens (tertiary/aromatic N) is 1. The molecular weight excluding hydrogens is 792 g/mol. The summed E-state index contributed by atoms with van der Waals surface area (Å²) in [5, 5.41) is 3.25. The van der Waals surface area contributed by atoms with E-state index in [0.29, 0.717) is 0 Å². The Hall–Kier alpha value is -6.18. The monoisotopic (exact) mass is 837 g/mol. The molecule has 4 heterocycles. The third-order valence-corrected chi connectivity index (χ3v) is 9.83. The van der Waals surface area contributed by atoms with Crippen LogP contribution in [-0.2, 0) is 76.2 Å². The van der Waals surface area contributed by atoms with Crippen molar-refractivity contribution < 1.29 is 85.5 Å². The Labute approximate surface area is 342 Å². The van der Waals surface area contributed by atoms with Crippen LogP contribution in [0.5, 0.6) is 5.75 Å². The smallest absolute Gasteiger partial charge is 0.337 e. The van der Waals surface area contributed by atoms with Gasteiger partial charge in [0.15, 0.2) is 49.2 Å². The number of nitrogens with one attached hydrogen (secondary N) is 1. The molecule has 2 aromatic heterocycles. The number of aromatic amines is 1. The van der Waals surface area contributed by atoms with Gasteiger partial charge in [0.25, 0.3) is 0 Å². The van der Waals surface area contributed by atoms with Crippen molar-refractivity contribution in [3.05, 3.63) is 47.8 Å². The van der Waals surface area contributed by atoms with Gasteiger partial charge in [-0.15, -0.1) is 0 Å². The maximum atomic E-state index is 13.2. The van der Waals surface area contributed by atoms with E-state index in [1.54, 1.807) is 29.0 Å². The van der Waals surface area contributed by atoms with Crippen LogP contribution in [0.15, 0.2) is 36.7 Å². The second kappa shape index (κ2) is 18.0. The van der Waals surface area contributed by atoms with Gasteiger partial charge in [-0.05, 0) is 48.6 Å². The molecule has 8 atom stereocenters. The van der Waals surface area contributed by atoms with Crippen LogP contribution in [0.1, 0.15) is 58.9 Å². The third kappa shape index (κ3) is 9.48. The first-order valence-electron chi connectivity index (χ1n) is 18.9. The van der Waals surface area contributed by atoms with Gasteiger partial charge < -0.3 is 52.4 Å². The van der Waals surface area contributed by atoms with E-state index in [1.807, 2.05) is 26.1 Å². The SMILES string of the molecule is CC(=O)O[C@@H]1[C@@H](OC(C)=O)[C@H]([n+]2ccc3c(C)c4[nH]c5ccc(OC(=O)CO[C@@H]6OC[C@H](OC(C)=O)[C@H](OC(C)=O)[C@H]6OC(C)=O)cc5c4c(C)c3c2)OC[C@@H]1OC(C)=O. The fourth-order valence-electron chi connectivity index (χ4n) is 7.61. The van der Waals surface area contributed by atoms with Crippen LogP contribution in [0.25, 0.3) is 32.6 Å².